The molecule has 0 spiro atoms. The van der Waals surface area contributed by atoms with Gasteiger partial charge in [-0.25, -0.2) is 17.6 Å². The van der Waals surface area contributed by atoms with E-state index >= 15 is 0 Å². The molecule has 41 heavy (non-hydrogen) atoms. The number of nitrogens with zero attached hydrogens (tertiary/aromatic N) is 3. The second-order valence-electron chi connectivity index (χ2n) is 12.8. The summed E-state index contributed by atoms with van der Waals surface area (Å²) in [5.74, 6) is 0.466. The predicted molar refractivity (Wildman–Crippen MR) is 159 cm³/mol. The Labute approximate surface area is 259 Å². The van der Waals surface area contributed by atoms with E-state index in [-0.39, 0.29) is 37.1 Å². The van der Waals surface area contributed by atoms with Crippen molar-refractivity contribution in [3.8, 4) is 0 Å². The second-order valence-corrected chi connectivity index (χ2v) is 14.7. The van der Waals surface area contributed by atoms with Crippen molar-refractivity contribution in [3.63, 3.8) is 0 Å². The van der Waals surface area contributed by atoms with Crippen LogP contribution in [0, 0.1) is 11.8 Å². The molecular weight excluding hydrogens is 617 g/mol. The van der Waals surface area contributed by atoms with Crippen LogP contribution >= 0.6 is 20.2 Å². The minimum absolute atomic E-state index is 0.166. The van der Waals surface area contributed by atoms with Gasteiger partial charge in [0.15, 0.2) is 0 Å². The minimum atomic E-state index is -1.23. The third-order valence-electron chi connectivity index (χ3n) is 10.0. The number of hydrogen-bond acceptors (Lipinski definition) is 2. The Morgan fingerprint density at radius 1 is 0.488 bits per heavy atom. The van der Waals surface area contributed by atoms with Crippen LogP contribution in [0.5, 0.6) is 0 Å². The summed E-state index contributed by atoms with van der Waals surface area (Å²) in [6.07, 6.45) is 11.3. The molecule has 237 valence electrons. The van der Waals surface area contributed by atoms with Crippen molar-refractivity contribution in [1.82, 2.24) is 0 Å². The van der Waals surface area contributed by atoms with Gasteiger partial charge >= 0.3 is 33.3 Å². The molecule has 6 unspecified atom stereocenters. The Bertz CT molecular complexity index is 756. The molecule has 3 nitrogen and oxygen atoms in total. The molecule has 0 bridgehead atoms. The number of hydrogen-bond donors (Lipinski definition) is 0. The molecule has 0 aromatic carbocycles. The molecule has 10 heteroatoms. The van der Waals surface area contributed by atoms with Crippen molar-refractivity contribution >= 4 is 31.6 Å². The number of alkyl halides is 4. The standard InChI is InChI=1S/C31H48F4N3.2ClH.Fe/c32-22-14-7-15-23(33)30(22)37-28(20-10-3-1-4-11-20)26-18-9-19-27(36-26)29(21-12-5-2-6-13-21)38-31-24(34)16-8-17-25(31)35;;;/h20-27,30-31H,1-19H2;2*1H;/q-1;;;+3/p-2. The van der Waals surface area contributed by atoms with Crippen molar-refractivity contribution < 1.29 is 30.7 Å². The third kappa shape index (κ3) is 9.55. The van der Waals surface area contributed by atoms with Gasteiger partial charge in [0.2, 0.25) is 0 Å². The average Bonchev–Trinajstić information content (AvgIpc) is 2.98. The fourth-order valence-electron chi connectivity index (χ4n) is 7.86. The quantitative estimate of drug-likeness (QED) is 0.154. The summed E-state index contributed by atoms with van der Waals surface area (Å²) < 4.78 is 59.6. The molecular formula is C31H48Cl2F4FeN3. The Kier molecular flexibility index (Phi) is 14.6. The van der Waals surface area contributed by atoms with Gasteiger partial charge in [0.25, 0.3) is 0 Å². The van der Waals surface area contributed by atoms with Crippen molar-refractivity contribution in [2.45, 2.75) is 171 Å². The van der Waals surface area contributed by atoms with Gasteiger partial charge in [0.05, 0.1) is 0 Å². The van der Waals surface area contributed by atoms with Gasteiger partial charge in [-0.05, 0) is 87.5 Å². The molecule has 5 fully saturated rings. The molecule has 0 radical (unpaired) electrons. The van der Waals surface area contributed by atoms with E-state index in [2.05, 4.69) is 0 Å². The van der Waals surface area contributed by atoms with Gasteiger partial charge in [0, 0.05) is 0 Å². The molecule has 1 aliphatic heterocycles. The van der Waals surface area contributed by atoms with E-state index in [4.69, 9.17) is 35.5 Å². The molecule has 0 aromatic rings. The molecule has 6 atom stereocenters. The Balaban J connectivity index is 0.00000124. The van der Waals surface area contributed by atoms with E-state index in [1.165, 1.54) is 12.8 Å². The summed E-state index contributed by atoms with van der Waals surface area (Å²) in [5.41, 5.74) is 1.83. The zero-order valence-corrected chi connectivity index (χ0v) is 26.8. The monoisotopic (exact) mass is 664 g/mol. The topological polar surface area (TPSA) is 38.8 Å². The van der Waals surface area contributed by atoms with E-state index in [9.17, 15) is 17.6 Å². The van der Waals surface area contributed by atoms with Crippen molar-refractivity contribution in [1.29, 1.82) is 0 Å². The molecule has 5 rings (SSSR count). The number of rotatable bonds is 6. The number of aliphatic imine (C=N–C) groups is 2. The van der Waals surface area contributed by atoms with Crippen molar-refractivity contribution in [3.05, 3.63) is 5.32 Å². The molecule has 4 saturated carbocycles. The summed E-state index contributed by atoms with van der Waals surface area (Å²) in [6, 6.07) is -2.16. The van der Waals surface area contributed by atoms with Crippen LogP contribution in [0.15, 0.2) is 9.98 Å². The Hall–Kier alpha value is 0.119. The van der Waals surface area contributed by atoms with E-state index in [0.29, 0.717) is 38.5 Å². The summed E-state index contributed by atoms with van der Waals surface area (Å²) in [6.45, 7) is 0. The first-order valence-electron chi connectivity index (χ1n) is 16.2. The zero-order chi connectivity index (χ0) is 29.2. The first-order valence-corrected chi connectivity index (χ1v) is 19.2. The number of piperidine rings is 1. The van der Waals surface area contributed by atoms with E-state index in [1.54, 1.807) is 0 Å². The van der Waals surface area contributed by atoms with E-state index in [0.717, 1.165) is 82.1 Å². The molecule has 4 aliphatic carbocycles. The van der Waals surface area contributed by atoms with Crippen LogP contribution in [0.2, 0.25) is 0 Å². The summed E-state index contributed by atoms with van der Waals surface area (Å²) in [4.78, 5) is 9.81. The first kappa shape index (κ1) is 34.0. The summed E-state index contributed by atoms with van der Waals surface area (Å²) in [5, 5.41) is 5.31. The molecule has 1 heterocycles. The Morgan fingerprint density at radius 3 is 1.15 bits per heavy atom. The second kappa shape index (κ2) is 17.6. The van der Waals surface area contributed by atoms with Crippen LogP contribution in [-0.2, 0) is 13.1 Å². The van der Waals surface area contributed by atoms with Gasteiger partial charge in [0.1, 0.15) is 36.8 Å². The van der Waals surface area contributed by atoms with Crippen molar-refractivity contribution in [2.24, 2.45) is 21.8 Å². The van der Waals surface area contributed by atoms with Gasteiger partial charge in [-0.2, -0.15) is 0 Å². The zero-order valence-electron chi connectivity index (χ0n) is 24.2. The maximum absolute atomic E-state index is 14.9. The molecule has 0 aromatic heterocycles. The van der Waals surface area contributed by atoms with Crippen LogP contribution in [0.1, 0.15) is 122 Å². The van der Waals surface area contributed by atoms with Gasteiger partial charge < -0.3 is 5.32 Å². The van der Waals surface area contributed by atoms with Gasteiger partial charge in [-0.15, -0.1) is 0 Å². The fourth-order valence-corrected chi connectivity index (χ4v) is 7.86. The normalized spacial score (nSPS) is 38.7. The van der Waals surface area contributed by atoms with E-state index < -0.39 is 36.8 Å². The third-order valence-corrected chi connectivity index (χ3v) is 10.0. The average molecular weight is 665 g/mol. The summed E-state index contributed by atoms with van der Waals surface area (Å²) >= 11 is 0.194. The van der Waals surface area contributed by atoms with Gasteiger partial charge in [-0.3, -0.25) is 9.98 Å². The molecule has 0 amide bonds. The first-order chi connectivity index (χ1) is 19.9. The van der Waals surface area contributed by atoms with Crippen LogP contribution in [0.25, 0.3) is 5.32 Å². The summed E-state index contributed by atoms with van der Waals surface area (Å²) in [7, 11) is 9.53. The molecule has 1 saturated heterocycles. The number of halogens is 6. The van der Waals surface area contributed by atoms with Crippen LogP contribution < -0.4 is 0 Å². The maximum atomic E-state index is 14.9. The van der Waals surface area contributed by atoms with Crippen LogP contribution in [-0.4, -0.2) is 60.3 Å². The molecule has 5 aliphatic rings. The predicted octanol–water partition coefficient (Wildman–Crippen LogP) is 10.2. The SMILES string of the molecule is FC1CCCC(F)C1N=C(C1CCCCC1)C1CCCC(C(=NC2C(F)CCCC2F)C2CCCCC2)[N-]1.[Cl][Fe+][Cl]. The van der Waals surface area contributed by atoms with E-state index in [1.807, 2.05) is 0 Å². The molecule has 0 N–H and O–H groups in total. The fraction of sp³-hybridized carbons (Fsp3) is 0.935. The van der Waals surface area contributed by atoms with Gasteiger partial charge in [-0.1, -0.05) is 69.9 Å². The van der Waals surface area contributed by atoms with Crippen molar-refractivity contribution in [2.75, 3.05) is 0 Å². The Morgan fingerprint density at radius 2 is 0.805 bits per heavy atom. The van der Waals surface area contributed by atoms with Crippen LogP contribution in [0.4, 0.5) is 17.6 Å². The van der Waals surface area contributed by atoms with Crippen LogP contribution in [0.3, 0.4) is 0 Å².